The van der Waals surface area contributed by atoms with Gasteiger partial charge in [0.1, 0.15) is 13.2 Å². The number of ether oxygens (including phenoxy) is 3. The van der Waals surface area contributed by atoms with Crippen LogP contribution in [0.5, 0.6) is 0 Å². The molecule has 0 saturated carbocycles. The predicted octanol–water partition coefficient (Wildman–Crippen LogP) is 20.2. The molecule has 402 valence electrons. The fourth-order valence-electron chi connectivity index (χ4n) is 8.78. The molecular formula is C63H114O6. The number of carbonyl (C=O) groups is 3. The van der Waals surface area contributed by atoms with Crippen molar-refractivity contribution in [1.29, 1.82) is 0 Å². The van der Waals surface area contributed by atoms with Crippen LogP contribution in [0.4, 0.5) is 0 Å². The summed E-state index contributed by atoms with van der Waals surface area (Å²) in [5.74, 6) is -0.891. The van der Waals surface area contributed by atoms with Gasteiger partial charge in [0.05, 0.1) is 0 Å². The van der Waals surface area contributed by atoms with Crippen LogP contribution in [0.15, 0.2) is 48.6 Å². The van der Waals surface area contributed by atoms with Gasteiger partial charge in [-0.3, -0.25) is 14.4 Å². The second-order valence-corrected chi connectivity index (χ2v) is 20.3. The molecule has 1 atom stereocenters. The second kappa shape index (κ2) is 57.9. The minimum atomic E-state index is -0.783. The standard InChI is InChI=1S/C63H114O6/c1-4-7-10-13-16-19-22-25-28-31-32-33-36-38-41-44-47-50-53-56-62(65)68-59-60(69-63(66)57-54-51-48-45-42-39-35-30-27-24-21-18-15-12-9-6-3)58-67-61(64)55-52-49-46-43-40-37-34-29-26-23-20-17-14-11-8-5-2/h16,19,25,28,32-33,38,41,60H,4-15,17-18,20-24,26-27,29-31,34-37,39-40,42-59H2,1-3H3/b19-16+,28-25+,33-32+,41-38+/t60-/m1/s1. The molecular weight excluding hydrogens is 853 g/mol. The highest BCUT2D eigenvalue weighted by Crippen LogP contribution is 2.17. The monoisotopic (exact) mass is 967 g/mol. The Morgan fingerprint density at radius 3 is 0.841 bits per heavy atom. The first kappa shape index (κ1) is 66.4. The lowest BCUT2D eigenvalue weighted by molar-refractivity contribution is -0.167. The van der Waals surface area contributed by atoms with E-state index in [4.69, 9.17) is 14.2 Å². The smallest absolute Gasteiger partial charge is 0.306 e. The zero-order valence-electron chi connectivity index (χ0n) is 46.1. The van der Waals surface area contributed by atoms with Crippen molar-refractivity contribution in [2.75, 3.05) is 13.2 Å². The number of unbranched alkanes of at least 4 members (excludes halogenated alkanes) is 36. The summed E-state index contributed by atoms with van der Waals surface area (Å²) in [4.78, 5) is 38.2. The van der Waals surface area contributed by atoms with Crippen molar-refractivity contribution in [3.63, 3.8) is 0 Å². The summed E-state index contributed by atoms with van der Waals surface area (Å²) in [6.07, 6.45) is 71.0. The molecule has 0 aliphatic rings. The van der Waals surface area contributed by atoms with Gasteiger partial charge < -0.3 is 14.2 Å². The van der Waals surface area contributed by atoms with E-state index in [-0.39, 0.29) is 31.1 Å². The molecule has 0 rings (SSSR count). The molecule has 0 radical (unpaired) electrons. The molecule has 0 aliphatic carbocycles. The maximum Gasteiger partial charge on any atom is 0.306 e. The summed E-state index contributed by atoms with van der Waals surface area (Å²) >= 11 is 0. The van der Waals surface area contributed by atoms with Gasteiger partial charge in [0.2, 0.25) is 0 Å². The first-order valence-corrected chi connectivity index (χ1v) is 30.1. The van der Waals surface area contributed by atoms with E-state index in [1.807, 2.05) is 0 Å². The molecule has 0 unspecified atom stereocenters. The van der Waals surface area contributed by atoms with E-state index in [1.54, 1.807) is 0 Å². The zero-order chi connectivity index (χ0) is 50.0. The number of carbonyl (C=O) groups excluding carboxylic acids is 3. The lowest BCUT2D eigenvalue weighted by Gasteiger charge is -2.18. The Bertz CT molecular complexity index is 1200. The predicted molar refractivity (Wildman–Crippen MR) is 298 cm³/mol. The van der Waals surface area contributed by atoms with E-state index >= 15 is 0 Å². The first-order valence-electron chi connectivity index (χ1n) is 30.1. The highest BCUT2D eigenvalue weighted by atomic mass is 16.6. The van der Waals surface area contributed by atoms with Crippen LogP contribution in [-0.2, 0) is 28.6 Å². The fourth-order valence-corrected chi connectivity index (χ4v) is 8.78. The number of hydrogen-bond donors (Lipinski definition) is 0. The first-order chi connectivity index (χ1) is 34.0. The van der Waals surface area contributed by atoms with E-state index in [9.17, 15) is 14.4 Å². The van der Waals surface area contributed by atoms with Crippen LogP contribution in [0.2, 0.25) is 0 Å². The summed E-state index contributed by atoms with van der Waals surface area (Å²) in [7, 11) is 0. The van der Waals surface area contributed by atoms with Gasteiger partial charge in [-0.1, -0.05) is 281 Å². The Balaban J connectivity index is 4.39. The highest BCUT2D eigenvalue weighted by molar-refractivity contribution is 5.71. The summed E-state index contributed by atoms with van der Waals surface area (Å²) in [6, 6.07) is 0. The van der Waals surface area contributed by atoms with Crippen molar-refractivity contribution in [3.05, 3.63) is 48.6 Å². The van der Waals surface area contributed by atoms with Crippen LogP contribution in [0.3, 0.4) is 0 Å². The summed E-state index contributed by atoms with van der Waals surface area (Å²) in [6.45, 7) is 6.63. The molecule has 6 nitrogen and oxygen atoms in total. The topological polar surface area (TPSA) is 78.9 Å². The van der Waals surface area contributed by atoms with Crippen LogP contribution < -0.4 is 0 Å². The Morgan fingerprint density at radius 1 is 0.290 bits per heavy atom. The van der Waals surface area contributed by atoms with Crippen LogP contribution in [0.1, 0.15) is 316 Å². The SMILES string of the molecule is CCCCC/C=C/C/C=C/C/C=C/C/C=C/CCCCCC(=O)OC[C@@H](COC(=O)CCCCCCCCCCCCCCCCCC)OC(=O)CCCCCCCCCCCCCCCCCC. The maximum atomic E-state index is 12.9. The quantitative estimate of drug-likeness (QED) is 0.0262. The van der Waals surface area contributed by atoms with Crippen molar-refractivity contribution in [1.82, 2.24) is 0 Å². The van der Waals surface area contributed by atoms with Gasteiger partial charge in [0.15, 0.2) is 6.10 Å². The van der Waals surface area contributed by atoms with Gasteiger partial charge in [-0.25, -0.2) is 0 Å². The van der Waals surface area contributed by atoms with Crippen molar-refractivity contribution >= 4 is 17.9 Å². The molecule has 0 N–H and O–H groups in total. The lowest BCUT2D eigenvalue weighted by atomic mass is 10.0. The molecule has 0 aromatic heterocycles. The van der Waals surface area contributed by atoms with E-state index in [0.29, 0.717) is 19.3 Å². The normalized spacial score (nSPS) is 12.3. The molecule has 0 spiro atoms. The van der Waals surface area contributed by atoms with E-state index in [1.165, 1.54) is 193 Å². The zero-order valence-corrected chi connectivity index (χ0v) is 46.1. The Hall–Kier alpha value is -2.63. The van der Waals surface area contributed by atoms with Gasteiger partial charge in [-0.05, 0) is 64.2 Å². The minimum Gasteiger partial charge on any atom is -0.462 e. The largest absolute Gasteiger partial charge is 0.462 e. The van der Waals surface area contributed by atoms with Crippen LogP contribution in [0.25, 0.3) is 0 Å². The number of allylic oxidation sites excluding steroid dienone is 8. The number of esters is 3. The fraction of sp³-hybridized carbons (Fsp3) is 0.825. The van der Waals surface area contributed by atoms with E-state index in [0.717, 1.165) is 83.5 Å². The van der Waals surface area contributed by atoms with Gasteiger partial charge in [0.25, 0.3) is 0 Å². The van der Waals surface area contributed by atoms with Gasteiger partial charge >= 0.3 is 17.9 Å². The van der Waals surface area contributed by atoms with Crippen LogP contribution in [-0.4, -0.2) is 37.2 Å². The molecule has 0 amide bonds. The van der Waals surface area contributed by atoms with E-state index in [2.05, 4.69) is 69.4 Å². The third-order valence-corrected chi connectivity index (χ3v) is 13.3. The van der Waals surface area contributed by atoms with Gasteiger partial charge in [-0.15, -0.1) is 0 Å². The molecule has 0 fully saturated rings. The molecule has 0 bridgehead atoms. The maximum absolute atomic E-state index is 12.9. The van der Waals surface area contributed by atoms with Crippen molar-refractivity contribution < 1.29 is 28.6 Å². The lowest BCUT2D eigenvalue weighted by Crippen LogP contribution is -2.30. The van der Waals surface area contributed by atoms with Crippen molar-refractivity contribution in [2.45, 2.75) is 322 Å². The minimum absolute atomic E-state index is 0.0786. The Morgan fingerprint density at radius 2 is 0.522 bits per heavy atom. The summed E-state index contributed by atoms with van der Waals surface area (Å²) in [5, 5.41) is 0. The van der Waals surface area contributed by atoms with Crippen LogP contribution in [0, 0.1) is 0 Å². The van der Waals surface area contributed by atoms with Gasteiger partial charge in [0, 0.05) is 19.3 Å². The average molecular weight is 968 g/mol. The van der Waals surface area contributed by atoms with Crippen LogP contribution >= 0.6 is 0 Å². The summed E-state index contributed by atoms with van der Waals surface area (Å²) in [5.41, 5.74) is 0. The second-order valence-electron chi connectivity index (χ2n) is 20.3. The molecule has 0 aliphatic heterocycles. The average Bonchev–Trinajstić information content (AvgIpc) is 3.35. The van der Waals surface area contributed by atoms with E-state index < -0.39 is 6.10 Å². The van der Waals surface area contributed by atoms with Gasteiger partial charge in [-0.2, -0.15) is 0 Å². The highest BCUT2D eigenvalue weighted by Gasteiger charge is 2.19. The summed E-state index contributed by atoms with van der Waals surface area (Å²) < 4.78 is 16.9. The Labute approximate surface area is 428 Å². The van der Waals surface area contributed by atoms with Crippen molar-refractivity contribution in [3.8, 4) is 0 Å². The molecule has 6 heteroatoms. The number of rotatable bonds is 55. The number of hydrogen-bond acceptors (Lipinski definition) is 6. The molecule has 0 aromatic carbocycles. The third kappa shape index (κ3) is 56.2. The molecule has 0 heterocycles. The van der Waals surface area contributed by atoms with Crippen molar-refractivity contribution in [2.24, 2.45) is 0 Å². The molecule has 0 aromatic rings. The Kier molecular flexibility index (Phi) is 55.7. The third-order valence-electron chi connectivity index (χ3n) is 13.3. The molecule has 0 saturated heterocycles. The molecule has 69 heavy (non-hydrogen) atoms.